The van der Waals surface area contributed by atoms with Gasteiger partial charge in [-0.05, 0) is 31.4 Å². The van der Waals surface area contributed by atoms with Crippen LogP contribution in [0.15, 0.2) is 24.3 Å². The highest BCUT2D eigenvalue weighted by molar-refractivity contribution is 7.84. The van der Waals surface area contributed by atoms with Crippen LogP contribution in [0.3, 0.4) is 0 Å². The Morgan fingerprint density at radius 1 is 1.38 bits per heavy atom. The van der Waals surface area contributed by atoms with Gasteiger partial charge >= 0.3 is 0 Å². The van der Waals surface area contributed by atoms with Gasteiger partial charge < -0.3 is 4.90 Å². The number of nitrogens with zero attached hydrogens (tertiary/aromatic N) is 1. The smallest absolute Gasteiger partial charge is 0.244 e. The van der Waals surface area contributed by atoms with Crippen molar-refractivity contribution in [1.82, 2.24) is 10.2 Å². The molecule has 116 valence electrons. The first kappa shape index (κ1) is 16.2. The summed E-state index contributed by atoms with van der Waals surface area (Å²) in [6.07, 6.45) is 2.28. The van der Waals surface area contributed by atoms with Gasteiger partial charge in [-0.1, -0.05) is 31.2 Å². The van der Waals surface area contributed by atoms with Crippen LogP contribution in [0.25, 0.3) is 0 Å². The predicted octanol–water partition coefficient (Wildman–Crippen LogP) is 1.97. The summed E-state index contributed by atoms with van der Waals surface area (Å²) < 4.78 is 11.4. The summed E-state index contributed by atoms with van der Waals surface area (Å²) in [6.45, 7) is 6.54. The topological polar surface area (TPSA) is 49.4 Å². The summed E-state index contributed by atoms with van der Waals surface area (Å²) in [5.41, 5.74) is 1.73. The number of benzene rings is 1. The lowest BCUT2D eigenvalue weighted by Crippen LogP contribution is -2.43. The molecule has 1 fully saturated rings. The second-order valence-corrected chi connectivity index (χ2v) is 7.42. The maximum Gasteiger partial charge on any atom is 0.244 e. The fraction of sp³-hybridized carbons (Fsp3) is 0.562. The molecule has 1 amide bonds. The van der Waals surface area contributed by atoms with Gasteiger partial charge in [0.05, 0.1) is 5.54 Å². The standard InChI is InChI=1S/C16H24N2O2S/c1-5-16(3)15(19)18(10-11-21(4)20)14(17-16)13-9-7-6-8-12(13)2/h6-9,14,17H,5,10-11H2,1-4H3. The molecule has 1 aliphatic heterocycles. The normalized spacial score (nSPS) is 27.1. The van der Waals surface area contributed by atoms with Gasteiger partial charge in [0.2, 0.25) is 5.91 Å². The van der Waals surface area contributed by atoms with E-state index in [1.54, 1.807) is 6.26 Å². The number of nitrogens with one attached hydrogen (secondary N) is 1. The van der Waals surface area contributed by atoms with Crippen molar-refractivity contribution in [3.8, 4) is 0 Å². The summed E-state index contributed by atoms with van der Waals surface area (Å²) in [5, 5.41) is 3.48. The summed E-state index contributed by atoms with van der Waals surface area (Å²) >= 11 is 0. The molecule has 21 heavy (non-hydrogen) atoms. The van der Waals surface area contributed by atoms with Gasteiger partial charge in [0, 0.05) is 29.4 Å². The molecule has 3 unspecified atom stereocenters. The Balaban J connectivity index is 2.34. The second kappa shape index (κ2) is 6.28. The third-order valence-electron chi connectivity index (χ3n) is 4.31. The Hall–Kier alpha value is -1.20. The summed E-state index contributed by atoms with van der Waals surface area (Å²) in [5.74, 6) is 0.610. The van der Waals surface area contributed by atoms with E-state index < -0.39 is 16.3 Å². The van der Waals surface area contributed by atoms with Gasteiger partial charge in [-0.25, -0.2) is 0 Å². The Kier molecular flexibility index (Phi) is 4.84. The van der Waals surface area contributed by atoms with E-state index in [-0.39, 0.29) is 12.1 Å². The van der Waals surface area contributed by atoms with Crippen molar-refractivity contribution in [2.75, 3.05) is 18.6 Å². The Morgan fingerprint density at radius 3 is 2.62 bits per heavy atom. The number of hydrogen-bond acceptors (Lipinski definition) is 3. The molecule has 3 atom stereocenters. The first-order valence-electron chi connectivity index (χ1n) is 7.33. The predicted molar refractivity (Wildman–Crippen MR) is 86.4 cm³/mol. The van der Waals surface area contributed by atoms with Crippen LogP contribution >= 0.6 is 0 Å². The molecule has 0 aromatic heterocycles. The van der Waals surface area contributed by atoms with E-state index in [4.69, 9.17) is 0 Å². The lowest BCUT2D eigenvalue weighted by Gasteiger charge is -2.25. The highest BCUT2D eigenvalue weighted by atomic mass is 32.2. The van der Waals surface area contributed by atoms with Gasteiger partial charge in [-0.15, -0.1) is 0 Å². The van der Waals surface area contributed by atoms with Crippen molar-refractivity contribution in [3.05, 3.63) is 35.4 Å². The number of amides is 1. The molecule has 0 saturated carbocycles. The highest BCUT2D eigenvalue weighted by Gasteiger charge is 2.47. The molecule has 0 aliphatic carbocycles. The average Bonchev–Trinajstić information content (AvgIpc) is 2.70. The fourth-order valence-electron chi connectivity index (χ4n) is 2.73. The van der Waals surface area contributed by atoms with Crippen LogP contribution in [-0.2, 0) is 15.6 Å². The first-order valence-corrected chi connectivity index (χ1v) is 9.06. The van der Waals surface area contributed by atoms with E-state index in [2.05, 4.69) is 24.4 Å². The Morgan fingerprint density at radius 2 is 2.05 bits per heavy atom. The van der Waals surface area contributed by atoms with Crippen molar-refractivity contribution in [1.29, 1.82) is 0 Å². The largest absolute Gasteiger partial charge is 0.320 e. The van der Waals surface area contributed by atoms with E-state index in [0.717, 1.165) is 17.5 Å². The minimum Gasteiger partial charge on any atom is -0.320 e. The van der Waals surface area contributed by atoms with E-state index >= 15 is 0 Å². The summed E-state index contributed by atoms with van der Waals surface area (Å²) in [7, 11) is -0.902. The molecule has 2 rings (SSSR count). The molecular formula is C16H24N2O2S. The third-order valence-corrected chi connectivity index (χ3v) is 5.07. The quantitative estimate of drug-likeness (QED) is 0.905. The van der Waals surface area contributed by atoms with Crippen molar-refractivity contribution in [2.24, 2.45) is 0 Å². The zero-order valence-electron chi connectivity index (χ0n) is 13.2. The number of carbonyl (C=O) groups is 1. The van der Waals surface area contributed by atoms with Crippen molar-refractivity contribution in [3.63, 3.8) is 0 Å². The Bertz CT molecular complexity index is 561. The number of rotatable bonds is 5. The highest BCUT2D eigenvalue weighted by Crippen LogP contribution is 2.33. The molecule has 1 N–H and O–H groups in total. The maximum absolute atomic E-state index is 12.7. The first-order chi connectivity index (χ1) is 9.89. The van der Waals surface area contributed by atoms with E-state index in [1.165, 1.54) is 0 Å². The third kappa shape index (κ3) is 3.19. The monoisotopic (exact) mass is 308 g/mol. The van der Waals surface area contributed by atoms with Gasteiger partial charge in [0.25, 0.3) is 0 Å². The van der Waals surface area contributed by atoms with Crippen LogP contribution in [0, 0.1) is 6.92 Å². The molecule has 1 saturated heterocycles. The van der Waals surface area contributed by atoms with Gasteiger partial charge in [0.15, 0.2) is 0 Å². The van der Waals surface area contributed by atoms with Crippen LogP contribution < -0.4 is 5.32 Å². The van der Waals surface area contributed by atoms with Crippen LogP contribution in [0.2, 0.25) is 0 Å². The van der Waals surface area contributed by atoms with Gasteiger partial charge in [0.1, 0.15) is 6.17 Å². The minimum atomic E-state index is -0.902. The zero-order chi connectivity index (χ0) is 15.6. The van der Waals surface area contributed by atoms with Crippen molar-refractivity contribution in [2.45, 2.75) is 38.9 Å². The van der Waals surface area contributed by atoms with Crippen molar-refractivity contribution >= 4 is 16.7 Å². The number of hydrogen-bond donors (Lipinski definition) is 1. The average molecular weight is 308 g/mol. The van der Waals surface area contributed by atoms with Crippen molar-refractivity contribution < 1.29 is 9.00 Å². The maximum atomic E-state index is 12.7. The van der Waals surface area contributed by atoms with Gasteiger partial charge in [-0.3, -0.25) is 14.3 Å². The number of carbonyl (C=O) groups excluding carboxylic acids is 1. The van der Waals surface area contributed by atoms with E-state index in [1.807, 2.05) is 30.9 Å². The molecular weight excluding hydrogens is 284 g/mol. The molecule has 4 nitrogen and oxygen atoms in total. The molecule has 1 aliphatic rings. The molecule has 0 radical (unpaired) electrons. The Labute approximate surface area is 129 Å². The summed E-state index contributed by atoms with van der Waals surface area (Å²) in [4.78, 5) is 14.6. The molecule has 1 aromatic carbocycles. The van der Waals surface area contributed by atoms with E-state index in [0.29, 0.717) is 12.3 Å². The molecule has 5 heteroatoms. The van der Waals surface area contributed by atoms with Crippen LogP contribution in [-0.4, -0.2) is 39.1 Å². The fourth-order valence-corrected chi connectivity index (χ4v) is 3.18. The zero-order valence-corrected chi connectivity index (χ0v) is 14.0. The van der Waals surface area contributed by atoms with E-state index in [9.17, 15) is 9.00 Å². The SMILES string of the molecule is CCC1(C)NC(c2ccccc2C)N(CCS(C)=O)C1=O. The second-order valence-electron chi connectivity index (χ2n) is 5.86. The lowest BCUT2D eigenvalue weighted by molar-refractivity contribution is -0.132. The van der Waals surface area contributed by atoms with Crippen LogP contribution in [0.5, 0.6) is 0 Å². The number of aryl methyl sites for hydroxylation is 1. The molecule has 1 heterocycles. The van der Waals surface area contributed by atoms with Gasteiger partial charge in [-0.2, -0.15) is 0 Å². The molecule has 0 spiro atoms. The van der Waals surface area contributed by atoms with Crippen LogP contribution in [0.4, 0.5) is 0 Å². The lowest BCUT2D eigenvalue weighted by atomic mass is 9.99. The summed E-state index contributed by atoms with van der Waals surface area (Å²) in [6, 6.07) is 8.10. The molecule has 0 bridgehead atoms. The molecule has 1 aromatic rings. The minimum absolute atomic E-state index is 0.101. The van der Waals surface area contributed by atoms with Crippen LogP contribution in [0.1, 0.15) is 37.6 Å².